The number of hydrogen-bond acceptors (Lipinski definition) is 4. The molecule has 0 radical (unpaired) electrons. The standard InChI is InChI=1S/C13H18N4S/c14-8-4-5-9-15-13-17-16-12(10-18-13)11-6-2-1-3-7-11/h1-3,6-7H,4-5,8-10,14H2,(H,15,17). The molecule has 0 saturated carbocycles. The van der Waals surface area contributed by atoms with Gasteiger partial charge < -0.3 is 5.73 Å². The second-order valence-corrected chi connectivity index (χ2v) is 4.97. The molecule has 0 amide bonds. The fourth-order valence-electron chi connectivity index (χ4n) is 1.61. The minimum absolute atomic E-state index is 0.738. The summed E-state index contributed by atoms with van der Waals surface area (Å²) in [4.78, 5) is 4.45. The Bertz CT molecular complexity index is 428. The van der Waals surface area contributed by atoms with Crippen molar-refractivity contribution in [2.45, 2.75) is 12.8 Å². The largest absolute Gasteiger partial charge is 0.330 e. The highest BCUT2D eigenvalue weighted by atomic mass is 32.2. The van der Waals surface area contributed by atoms with E-state index in [1.165, 1.54) is 5.56 Å². The van der Waals surface area contributed by atoms with E-state index in [-0.39, 0.29) is 0 Å². The van der Waals surface area contributed by atoms with E-state index in [9.17, 15) is 0 Å². The molecule has 0 aromatic heterocycles. The Labute approximate surface area is 112 Å². The first-order chi connectivity index (χ1) is 8.90. The Morgan fingerprint density at radius 2 is 2.11 bits per heavy atom. The van der Waals surface area contributed by atoms with Gasteiger partial charge in [0, 0.05) is 12.3 Å². The first kappa shape index (κ1) is 13.1. The Morgan fingerprint density at radius 3 is 2.78 bits per heavy atom. The van der Waals surface area contributed by atoms with E-state index in [0.29, 0.717) is 0 Å². The highest BCUT2D eigenvalue weighted by Gasteiger charge is 2.11. The summed E-state index contributed by atoms with van der Waals surface area (Å²) in [5.41, 5.74) is 10.7. The van der Waals surface area contributed by atoms with E-state index in [0.717, 1.165) is 42.6 Å². The van der Waals surface area contributed by atoms with E-state index >= 15 is 0 Å². The number of hydrogen-bond donors (Lipinski definition) is 2. The molecule has 1 aromatic carbocycles. The molecule has 18 heavy (non-hydrogen) atoms. The van der Waals surface area contributed by atoms with Crippen LogP contribution in [0.2, 0.25) is 0 Å². The molecule has 1 aliphatic rings. The van der Waals surface area contributed by atoms with Crippen LogP contribution in [-0.4, -0.2) is 29.7 Å². The molecule has 0 saturated heterocycles. The van der Waals surface area contributed by atoms with Crippen molar-refractivity contribution in [1.29, 1.82) is 0 Å². The van der Waals surface area contributed by atoms with Crippen molar-refractivity contribution in [2.24, 2.45) is 15.8 Å². The summed E-state index contributed by atoms with van der Waals surface area (Å²) in [7, 11) is 0. The minimum Gasteiger partial charge on any atom is -0.330 e. The molecule has 4 nitrogen and oxygen atoms in total. The zero-order valence-corrected chi connectivity index (χ0v) is 11.1. The predicted molar refractivity (Wildman–Crippen MR) is 79.2 cm³/mol. The first-order valence-electron chi connectivity index (χ1n) is 6.15. The molecule has 3 N–H and O–H groups in total. The van der Waals surface area contributed by atoms with Gasteiger partial charge in [0.2, 0.25) is 0 Å². The summed E-state index contributed by atoms with van der Waals surface area (Å²) in [5.74, 6) is 0.868. The second-order valence-electron chi connectivity index (χ2n) is 4.01. The van der Waals surface area contributed by atoms with Crippen LogP contribution >= 0.6 is 11.8 Å². The Hall–Kier alpha value is -1.33. The van der Waals surface area contributed by atoms with Crippen LogP contribution in [0.1, 0.15) is 18.4 Å². The van der Waals surface area contributed by atoms with Gasteiger partial charge in [-0.2, -0.15) is 5.10 Å². The molecule has 0 atom stereocenters. The number of nitrogens with zero attached hydrogens (tertiary/aromatic N) is 2. The maximum Gasteiger partial charge on any atom is 0.177 e. The lowest BCUT2D eigenvalue weighted by Crippen LogP contribution is -2.25. The lowest BCUT2D eigenvalue weighted by Gasteiger charge is -2.14. The average Bonchev–Trinajstić information content (AvgIpc) is 2.45. The molecule has 0 spiro atoms. The van der Waals surface area contributed by atoms with Crippen LogP contribution in [0.4, 0.5) is 0 Å². The normalized spacial score (nSPS) is 17.4. The van der Waals surface area contributed by atoms with Crippen molar-refractivity contribution in [3.8, 4) is 0 Å². The molecular formula is C13H18N4S. The quantitative estimate of drug-likeness (QED) is 0.796. The minimum atomic E-state index is 0.738. The van der Waals surface area contributed by atoms with Gasteiger partial charge in [0.15, 0.2) is 5.17 Å². The van der Waals surface area contributed by atoms with E-state index in [1.807, 2.05) is 18.2 Å². The predicted octanol–water partition coefficient (Wildman–Crippen LogP) is 1.82. The van der Waals surface area contributed by atoms with E-state index < -0.39 is 0 Å². The summed E-state index contributed by atoms with van der Waals surface area (Å²) in [5, 5.41) is 5.28. The molecular weight excluding hydrogens is 244 g/mol. The average molecular weight is 262 g/mol. The number of aliphatic imine (C=N–C) groups is 1. The molecule has 0 unspecified atom stereocenters. The number of hydrazone groups is 1. The van der Waals surface area contributed by atoms with E-state index in [4.69, 9.17) is 5.73 Å². The van der Waals surface area contributed by atoms with Gasteiger partial charge in [-0.05, 0) is 24.9 Å². The molecule has 1 heterocycles. The summed E-state index contributed by atoms with van der Waals surface area (Å²) in [6.07, 6.45) is 2.07. The van der Waals surface area contributed by atoms with Gasteiger partial charge in [-0.15, -0.1) is 0 Å². The van der Waals surface area contributed by atoms with Crippen molar-refractivity contribution >= 4 is 22.6 Å². The topological polar surface area (TPSA) is 62.8 Å². The van der Waals surface area contributed by atoms with Gasteiger partial charge in [0.05, 0.1) is 5.71 Å². The van der Waals surface area contributed by atoms with Gasteiger partial charge in [0.1, 0.15) is 0 Å². The number of thioether (sulfide) groups is 1. The molecule has 96 valence electrons. The summed E-state index contributed by atoms with van der Waals surface area (Å²) in [6.45, 7) is 1.56. The Balaban J connectivity index is 1.88. The van der Waals surface area contributed by atoms with Crippen molar-refractivity contribution in [2.75, 3.05) is 18.8 Å². The van der Waals surface area contributed by atoms with Crippen LogP contribution in [0, 0.1) is 0 Å². The lowest BCUT2D eigenvalue weighted by molar-refractivity contribution is 0.754. The van der Waals surface area contributed by atoms with Gasteiger partial charge >= 0.3 is 0 Å². The van der Waals surface area contributed by atoms with Gasteiger partial charge in [0.25, 0.3) is 0 Å². The second kappa shape index (κ2) is 7.18. The summed E-state index contributed by atoms with van der Waals surface area (Å²) < 4.78 is 0. The smallest absolute Gasteiger partial charge is 0.177 e. The molecule has 5 heteroatoms. The van der Waals surface area contributed by atoms with Crippen molar-refractivity contribution < 1.29 is 0 Å². The third kappa shape index (κ3) is 3.85. The van der Waals surface area contributed by atoms with E-state index in [1.54, 1.807) is 11.8 Å². The number of amidine groups is 1. The molecule has 2 rings (SSSR count). The van der Waals surface area contributed by atoms with Crippen LogP contribution in [0.15, 0.2) is 40.4 Å². The Kier molecular flexibility index (Phi) is 5.23. The van der Waals surface area contributed by atoms with Gasteiger partial charge in [-0.1, -0.05) is 42.1 Å². The third-order valence-electron chi connectivity index (χ3n) is 2.61. The maximum absolute atomic E-state index is 5.44. The van der Waals surface area contributed by atoms with Crippen LogP contribution < -0.4 is 11.2 Å². The zero-order valence-electron chi connectivity index (χ0n) is 10.3. The lowest BCUT2D eigenvalue weighted by atomic mass is 10.1. The van der Waals surface area contributed by atoms with Crippen molar-refractivity contribution in [1.82, 2.24) is 5.43 Å². The van der Waals surface area contributed by atoms with Crippen molar-refractivity contribution in [3.63, 3.8) is 0 Å². The molecule has 0 aliphatic carbocycles. The highest BCUT2D eigenvalue weighted by Crippen LogP contribution is 2.13. The fourth-order valence-corrected chi connectivity index (χ4v) is 2.41. The van der Waals surface area contributed by atoms with E-state index in [2.05, 4.69) is 27.7 Å². The third-order valence-corrected chi connectivity index (χ3v) is 3.52. The van der Waals surface area contributed by atoms with Crippen LogP contribution in [-0.2, 0) is 0 Å². The summed E-state index contributed by atoms with van der Waals surface area (Å²) in [6, 6.07) is 10.2. The van der Waals surface area contributed by atoms with Crippen molar-refractivity contribution in [3.05, 3.63) is 35.9 Å². The van der Waals surface area contributed by atoms with Crippen LogP contribution in [0.3, 0.4) is 0 Å². The molecule has 1 aromatic rings. The number of benzene rings is 1. The number of unbranched alkanes of at least 4 members (excludes halogenated alkanes) is 1. The fraction of sp³-hybridized carbons (Fsp3) is 0.385. The Morgan fingerprint density at radius 1 is 1.28 bits per heavy atom. The highest BCUT2D eigenvalue weighted by molar-refractivity contribution is 8.14. The van der Waals surface area contributed by atoms with Gasteiger partial charge in [-0.25, -0.2) is 0 Å². The number of rotatable bonds is 5. The van der Waals surface area contributed by atoms with Crippen LogP contribution in [0.25, 0.3) is 0 Å². The molecule has 0 bridgehead atoms. The van der Waals surface area contributed by atoms with Crippen LogP contribution in [0.5, 0.6) is 0 Å². The molecule has 1 aliphatic heterocycles. The number of nitrogens with one attached hydrogen (secondary N) is 1. The maximum atomic E-state index is 5.44. The number of nitrogens with two attached hydrogens (primary N) is 1. The summed E-state index contributed by atoms with van der Waals surface area (Å²) >= 11 is 1.70. The van der Waals surface area contributed by atoms with Gasteiger partial charge in [-0.3, -0.25) is 10.4 Å². The zero-order chi connectivity index (χ0) is 12.6. The molecule has 0 fully saturated rings. The SMILES string of the molecule is NCCCCN=C1NN=C(c2ccccc2)CS1. The monoisotopic (exact) mass is 262 g/mol. The first-order valence-corrected chi connectivity index (χ1v) is 7.14.